The lowest BCUT2D eigenvalue weighted by Gasteiger charge is -2.20. The van der Waals surface area contributed by atoms with E-state index in [4.69, 9.17) is 4.74 Å². The van der Waals surface area contributed by atoms with Gasteiger partial charge < -0.3 is 10.1 Å². The molecule has 1 atom stereocenters. The standard InChI is InChI=1S/C11H21NO/c1-4-12-10(8-9(2)3)11-6-5-7-13-11/h6,9-10,12H,4-5,7-8H2,1-3H3. The van der Waals surface area contributed by atoms with Gasteiger partial charge in [-0.3, -0.25) is 0 Å². The molecule has 1 unspecified atom stereocenters. The van der Waals surface area contributed by atoms with Gasteiger partial charge in [0.1, 0.15) is 5.76 Å². The van der Waals surface area contributed by atoms with Gasteiger partial charge >= 0.3 is 0 Å². The summed E-state index contributed by atoms with van der Waals surface area (Å²) in [4.78, 5) is 0. The zero-order valence-corrected chi connectivity index (χ0v) is 8.97. The van der Waals surface area contributed by atoms with Crippen LogP contribution in [0, 0.1) is 5.92 Å². The molecule has 1 heterocycles. The highest BCUT2D eigenvalue weighted by molar-refractivity contribution is 5.07. The van der Waals surface area contributed by atoms with Crippen molar-refractivity contribution in [1.82, 2.24) is 5.32 Å². The third-order valence-corrected chi connectivity index (χ3v) is 2.23. The van der Waals surface area contributed by atoms with E-state index in [0.717, 1.165) is 25.3 Å². The van der Waals surface area contributed by atoms with Gasteiger partial charge in [0, 0.05) is 6.42 Å². The molecule has 0 spiro atoms. The first kappa shape index (κ1) is 10.6. The minimum absolute atomic E-state index is 0.437. The molecule has 1 N–H and O–H groups in total. The monoisotopic (exact) mass is 183 g/mol. The molecule has 1 rings (SSSR count). The summed E-state index contributed by atoms with van der Waals surface area (Å²) >= 11 is 0. The summed E-state index contributed by atoms with van der Waals surface area (Å²) in [6.45, 7) is 8.52. The van der Waals surface area contributed by atoms with E-state index in [1.54, 1.807) is 0 Å². The van der Waals surface area contributed by atoms with Crippen LogP contribution in [0.25, 0.3) is 0 Å². The van der Waals surface area contributed by atoms with Crippen molar-refractivity contribution in [2.24, 2.45) is 5.92 Å². The van der Waals surface area contributed by atoms with Crippen molar-refractivity contribution in [3.05, 3.63) is 11.8 Å². The highest BCUT2D eigenvalue weighted by atomic mass is 16.5. The lowest BCUT2D eigenvalue weighted by molar-refractivity contribution is 0.207. The van der Waals surface area contributed by atoms with E-state index in [-0.39, 0.29) is 0 Å². The molecule has 0 aliphatic carbocycles. The van der Waals surface area contributed by atoms with Crippen LogP contribution in [0.4, 0.5) is 0 Å². The summed E-state index contributed by atoms with van der Waals surface area (Å²) in [6.07, 6.45) is 4.46. The van der Waals surface area contributed by atoms with E-state index in [2.05, 4.69) is 32.2 Å². The number of rotatable bonds is 5. The van der Waals surface area contributed by atoms with Crippen LogP contribution in [0.2, 0.25) is 0 Å². The zero-order valence-electron chi connectivity index (χ0n) is 8.97. The van der Waals surface area contributed by atoms with Crippen molar-refractivity contribution < 1.29 is 4.74 Å². The largest absolute Gasteiger partial charge is 0.496 e. The number of nitrogens with one attached hydrogen (secondary N) is 1. The maximum absolute atomic E-state index is 5.57. The highest BCUT2D eigenvalue weighted by Crippen LogP contribution is 2.18. The van der Waals surface area contributed by atoms with Crippen molar-refractivity contribution in [3.8, 4) is 0 Å². The van der Waals surface area contributed by atoms with Gasteiger partial charge in [-0.15, -0.1) is 0 Å². The van der Waals surface area contributed by atoms with Crippen LogP contribution in [-0.4, -0.2) is 19.2 Å². The van der Waals surface area contributed by atoms with E-state index < -0.39 is 0 Å². The predicted molar refractivity (Wildman–Crippen MR) is 55.6 cm³/mol. The molecule has 0 amide bonds. The Bertz CT molecular complexity index is 175. The molecular weight excluding hydrogens is 162 g/mol. The van der Waals surface area contributed by atoms with E-state index in [9.17, 15) is 0 Å². The Balaban J connectivity index is 2.45. The Labute approximate surface area is 81.4 Å². The van der Waals surface area contributed by atoms with Crippen LogP contribution in [0.1, 0.15) is 33.6 Å². The fourth-order valence-electron chi connectivity index (χ4n) is 1.70. The molecule has 0 fully saturated rings. The second-order valence-corrected chi connectivity index (χ2v) is 3.98. The minimum atomic E-state index is 0.437. The van der Waals surface area contributed by atoms with Crippen molar-refractivity contribution in [2.75, 3.05) is 13.2 Å². The Morgan fingerprint density at radius 3 is 2.77 bits per heavy atom. The van der Waals surface area contributed by atoms with Gasteiger partial charge in [-0.25, -0.2) is 0 Å². The molecule has 2 heteroatoms. The first-order chi connectivity index (χ1) is 6.24. The summed E-state index contributed by atoms with van der Waals surface area (Å²) in [5.74, 6) is 1.88. The Morgan fingerprint density at radius 1 is 1.54 bits per heavy atom. The van der Waals surface area contributed by atoms with E-state index in [1.165, 1.54) is 6.42 Å². The van der Waals surface area contributed by atoms with Crippen molar-refractivity contribution in [1.29, 1.82) is 0 Å². The summed E-state index contributed by atoms with van der Waals surface area (Å²) in [5.41, 5.74) is 0. The van der Waals surface area contributed by atoms with Gasteiger partial charge in [0.2, 0.25) is 0 Å². The number of ether oxygens (including phenoxy) is 1. The summed E-state index contributed by atoms with van der Waals surface area (Å²) in [7, 11) is 0. The molecule has 0 bridgehead atoms. The predicted octanol–water partition coefficient (Wildman–Crippen LogP) is 2.31. The molecule has 0 aromatic carbocycles. The maximum atomic E-state index is 5.57. The fourth-order valence-corrected chi connectivity index (χ4v) is 1.70. The smallest absolute Gasteiger partial charge is 0.109 e. The molecule has 1 aliphatic rings. The van der Waals surface area contributed by atoms with Crippen LogP contribution in [0.3, 0.4) is 0 Å². The lowest BCUT2D eigenvalue weighted by Crippen LogP contribution is -2.32. The lowest BCUT2D eigenvalue weighted by atomic mass is 10.0. The Morgan fingerprint density at radius 2 is 2.31 bits per heavy atom. The summed E-state index contributed by atoms with van der Waals surface area (Å²) in [6, 6.07) is 0.437. The van der Waals surface area contributed by atoms with Crippen LogP contribution >= 0.6 is 0 Å². The average molecular weight is 183 g/mol. The highest BCUT2D eigenvalue weighted by Gasteiger charge is 2.18. The number of likely N-dealkylation sites (N-methyl/N-ethyl adjacent to an activating group) is 1. The molecule has 0 saturated heterocycles. The van der Waals surface area contributed by atoms with Crippen LogP contribution in [-0.2, 0) is 4.74 Å². The normalized spacial score (nSPS) is 18.6. The molecule has 0 saturated carbocycles. The van der Waals surface area contributed by atoms with E-state index >= 15 is 0 Å². The first-order valence-electron chi connectivity index (χ1n) is 5.30. The van der Waals surface area contributed by atoms with E-state index in [1.807, 2.05) is 0 Å². The van der Waals surface area contributed by atoms with Gasteiger partial charge in [0.15, 0.2) is 0 Å². The second-order valence-electron chi connectivity index (χ2n) is 3.98. The van der Waals surface area contributed by atoms with Gasteiger partial charge in [-0.2, -0.15) is 0 Å². The molecule has 0 aromatic rings. The average Bonchev–Trinajstić information content (AvgIpc) is 2.54. The molecule has 76 valence electrons. The topological polar surface area (TPSA) is 21.3 Å². The number of hydrogen-bond donors (Lipinski definition) is 1. The fraction of sp³-hybridized carbons (Fsp3) is 0.818. The van der Waals surface area contributed by atoms with Gasteiger partial charge in [-0.1, -0.05) is 20.8 Å². The zero-order chi connectivity index (χ0) is 9.68. The SMILES string of the molecule is CCNC(CC(C)C)C1=CCCO1. The van der Waals surface area contributed by atoms with Crippen LogP contribution in [0.15, 0.2) is 11.8 Å². The van der Waals surface area contributed by atoms with Crippen LogP contribution < -0.4 is 5.32 Å². The third kappa shape index (κ3) is 3.39. The van der Waals surface area contributed by atoms with E-state index in [0.29, 0.717) is 12.0 Å². The molecule has 13 heavy (non-hydrogen) atoms. The van der Waals surface area contributed by atoms with Crippen molar-refractivity contribution >= 4 is 0 Å². The minimum Gasteiger partial charge on any atom is -0.496 e. The molecule has 2 nitrogen and oxygen atoms in total. The van der Waals surface area contributed by atoms with Crippen molar-refractivity contribution in [3.63, 3.8) is 0 Å². The molecule has 0 radical (unpaired) electrons. The van der Waals surface area contributed by atoms with Crippen LogP contribution in [0.5, 0.6) is 0 Å². The maximum Gasteiger partial charge on any atom is 0.109 e. The van der Waals surface area contributed by atoms with Gasteiger partial charge in [0.05, 0.1) is 12.6 Å². The van der Waals surface area contributed by atoms with Gasteiger partial charge in [0.25, 0.3) is 0 Å². The summed E-state index contributed by atoms with van der Waals surface area (Å²) < 4.78 is 5.57. The molecule has 0 aromatic heterocycles. The third-order valence-electron chi connectivity index (χ3n) is 2.23. The summed E-state index contributed by atoms with van der Waals surface area (Å²) in [5, 5.41) is 3.46. The quantitative estimate of drug-likeness (QED) is 0.706. The molecular formula is C11H21NO. The number of hydrogen-bond acceptors (Lipinski definition) is 2. The molecule has 1 aliphatic heterocycles. The Hall–Kier alpha value is -0.500. The Kier molecular flexibility index (Phi) is 4.29. The second kappa shape index (κ2) is 5.28. The van der Waals surface area contributed by atoms with Crippen molar-refractivity contribution in [2.45, 2.75) is 39.7 Å². The van der Waals surface area contributed by atoms with Gasteiger partial charge in [-0.05, 0) is 25.0 Å². The first-order valence-corrected chi connectivity index (χ1v) is 5.30.